The zero-order valence-corrected chi connectivity index (χ0v) is 9.23. The van der Waals surface area contributed by atoms with Crippen LogP contribution in [-0.4, -0.2) is 11.3 Å². The van der Waals surface area contributed by atoms with E-state index in [1.165, 1.54) is 5.71 Å². The predicted molar refractivity (Wildman–Crippen MR) is 55.5 cm³/mol. The highest BCUT2D eigenvalue weighted by Crippen LogP contribution is 2.02. The van der Waals surface area contributed by atoms with Crippen LogP contribution in [0.4, 0.5) is 0 Å². The van der Waals surface area contributed by atoms with Crippen LogP contribution in [0.25, 0.3) is 0 Å². The monoisotopic (exact) mass is 170 g/mol. The fourth-order valence-electron chi connectivity index (χ4n) is 0.900. The van der Waals surface area contributed by atoms with E-state index in [4.69, 9.17) is 0 Å². The summed E-state index contributed by atoms with van der Waals surface area (Å²) in [5, 5.41) is 4.30. The predicted octanol–water partition coefficient (Wildman–Crippen LogP) is 2.80. The largest absolute Gasteiger partial charge is 0.305 e. The molecule has 2 nitrogen and oxygen atoms in total. The molecule has 0 heterocycles. The lowest BCUT2D eigenvalue weighted by atomic mass is 10.1. The third-order valence-corrected chi connectivity index (χ3v) is 1.29. The lowest BCUT2D eigenvalue weighted by Crippen LogP contribution is -2.32. The minimum Gasteiger partial charge on any atom is -0.305 e. The van der Waals surface area contributed by atoms with Crippen molar-refractivity contribution < 1.29 is 0 Å². The van der Waals surface area contributed by atoms with Crippen molar-refractivity contribution in [3.63, 3.8) is 0 Å². The number of nitrogens with one attached hydrogen (secondary N) is 1. The first-order chi connectivity index (χ1) is 5.31. The Kier molecular flexibility index (Phi) is 4.29. The van der Waals surface area contributed by atoms with Gasteiger partial charge < -0.3 is 5.43 Å². The van der Waals surface area contributed by atoms with Gasteiger partial charge in [0.1, 0.15) is 0 Å². The summed E-state index contributed by atoms with van der Waals surface area (Å²) in [4.78, 5) is 0. The number of rotatable bonds is 3. The maximum absolute atomic E-state index is 4.30. The molecule has 0 radical (unpaired) electrons. The smallest absolute Gasteiger partial charge is 0.0464 e. The van der Waals surface area contributed by atoms with Crippen LogP contribution < -0.4 is 5.43 Å². The van der Waals surface area contributed by atoms with Gasteiger partial charge >= 0.3 is 0 Å². The van der Waals surface area contributed by atoms with E-state index in [1.807, 2.05) is 0 Å². The van der Waals surface area contributed by atoms with Gasteiger partial charge in [-0.2, -0.15) is 5.10 Å². The molecule has 0 aliphatic carbocycles. The van der Waals surface area contributed by atoms with Crippen molar-refractivity contribution in [2.24, 2.45) is 11.0 Å². The summed E-state index contributed by atoms with van der Waals surface area (Å²) in [5.74, 6) is 0.690. The summed E-state index contributed by atoms with van der Waals surface area (Å²) in [5.41, 5.74) is 4.38. The van der Waals surface area contributed by atoms with E-state index in [0.29, 0.717) is 5.92 Å². The number of hydrogen-bond acceptors (Lipinski definition) is 2. The lowest BCUT2D eigenvalue weighted by molar-refractivity contribution is 0.439. The average Bonchev–Trinajstić information content (AvgIpc) is 1.80. The maximum Gasteiger partial charge on any atom is 0.0464 e. The topological polar surface area (TPSA) is 24.4 Å². The molecule has 0 atom stereocenters. The van der Waals surface area contributed by atoms with Gasteiger partial charge in [0.05, 0.1) is 0 Å². The molecule has 0 aromatic carbocycles. The van der Waals surface area contributed by atoms with E-state index < -0.39 is 0 Å². The molecule has 12 heavy (non-hydrogen) atoms. The Morgan fingerprint density at radius 2 is 1.83 bits per heavy atom. The Morgan fingerprint density at radius 1 is 1.33 bits per heavy atom. The standard InChI is InChI=1S/C10H22N2/c1-8(2)7-9(3)11-12-10(4,5)6/h8,12H,7H2,1-6H3/b11-9-. The van der Waals surface area contributed by atoms with E-state index in [9.17, 15) is 0 Å². The highest BCUT2D eigenvalue weighted by molar-refractivity contribution is 5.81. The summed E-state index contributed by atoms with van der Waals surface area (Å²) in [6.07, 6.45) is 1.07. The van der Waals surface area contributed by atoms with E-state index in [2.05, 4.69) is 52.1 Å². The second-order valence-electron chi connectivity index (χ2n) is 4.81. The van der Waals surface area contributed by atoms with Crippen molar-refractivity contribution in [3.8, 4) is 0 Å². The van der Waals surface area contributed by atoms with Crippen molar-refractivity contribution in [3.05, 3.63) is 0 Å². The van der Waals surface area contributed by atoms with Gasteiger partial charge in [-0.3, -0.25) is 0 Å². The molecule has 2 heteroatoms. The quantitative estimate of drug-likeness (QED) is 0.511. The minimum atomic E-state index is 0.0816. The first-order valence-corrected chi connectivity index (χ1v) is 4.61. The highest BCUT2D eigenvalue weighted by Gasteiger charge is 2.06. The Hall–Kier alpha value is -0.530. The van der Waals surface area contributed by atoms with Crippen LogP contribution in [0, 0.1) is 5.92 Å². The molecule has 0 aromatic rings. The van der Waals surface area contributed by atoms with Crippen LogP contribution in [0.15, 0.2) is 5.10 Å². The van der Waals surface area contributed by atoms with Crippen LogP contribution in [0.2, 0.25) is 0 Å². The zero-order valence-electron chi connectivity index (χ0n) is 9.23. The first kappa shape index (κ1) is 11.5. The van der Waals surface area contributed by atoms with Gasteiger partial charge in [0, 0.05) is 11.3 Å². The summed E-state index contributed by atoms with van der Waals surface area (Å²) >= 11 is 0. The van der Waals surface area contributed by atoms with Gasteiger partial charge in [-0.05, 0) is 40.0 Å². The van der Waals surface area contributed by atoms with Gasteiger partial charge in [0.15, 0.2) is 0 Å². The van der Waals surface area contributed by atoms with Crippen molar-refractivity contribution >= 4 is 5.71 Å². The molecule has 0 aliphatic heterocycles. The maximum atomic E-state index is 4.30. The zero-order chi connectivity index (χ0) is 9.78. The third kappa shape index (κ3) is 7.58. The van der Waals surface area contributed by atoms with Crippen LogP contribution >= 0.6 is 0 Å². The second-order valence-corrected chi connectivity index (χ2v) is 4.81. The van der Waals surface area contributed by atoms with Gasteiger partial charge in [-0.15, -0.1) is 0 Å². The molecule has 0 aromatic heterocycles. The minimum absolute atomic E-state index is 0.0816. The van der Waals surface area contributed by atoms with Crippen molar-refractivity contribution in [2.75, 3.05) is 0 Å². The molecule has 72 valence electrons. The Morgan fingerprint density at radius 3 is 2.17 bits per heavy atom. The van der Waals surface area contributed by atoms with E-state index >= 15 is 0 Å². The molecule has 0 saturated heterocycles. The SMILES string of the molecule is C/C(CC(C)C)=N/NC(C)(C)C. The van der Waals surface area contributed by atoms with Gasteiger partial charge in [0.2, 0.25) is 0 Å². The van der Waals surface area contributed by atoms with E-state index in [-0.39, 0.29) is 5.54 Å². The van der Waals surface area contributed by atoms with Gasteiger partial charge in [0.25, 0.3) is 0 Å². The summed E-state index contributed by atoms with van der Waals surface area (Å²) < 4.78 is 0. The molecular formula is C10H22N2. The summed E-state index contributed by atoms with van der Waals surface area (Å²) in [7, 11) is 0. The molecule has 0 bridgehead atoms. The molecule has 0 spiro atoms. The second kappa shape index (κ2) is 4.48. The van der Waals surface area contributed by atoms with Gasteiger partial charge in [-0.25, -0.2) is 0 Å². The summed E-state index contributed by atoms with van der Waals surface area (Å²) in [6.45, 7) is 12.8. The first-order valence-electron chi connectivity index (χ1n) is 4.61. The Balaban J connectivity index is 3.85. The Bertz CT molecular complexity index is 152. The van der Waals surface area contributed by atoms with Crippen LogP contribution in [0.5, 0.6) is 0 Å². The molecular weight excluding hydrogens is 148 g/mol. The van der Waals surface area contributed by atoms with Gasteiger partial charge in [-0.1, -0.05) is 13.8 Å². The molecule has 0 saturated carbocycles. The van der Waals surface area contributed by atoms with Crippen LogP contribution in [0.3, 0.4) is 0 Å². The highest BCUT2D eigenvalue weighted by atomic mass is 15.3. The van der Waals surface area contributed by atoms with Crippen molar-refractivity contribution in [1.82, 2.24) is 5.43 Å². The van der Waals surface area contributed by atoms with Crippen molar-refractivity contribution in [1.29, 1.82) is 0 Å². The van der Waals surface area contributed by atoms with E-state index in [0.717, 1.165) is 6.42 Å². The van der Waals surface area contributed by atoms with Crippen LogP contribution in [-0.2, 0) is 0 Å². The van der Waals surface area contributed by atoms with Crippen LogP contribution in [0.1, 0.15) is 48.0 Å². The van der Waals surface area contributed by atoms with Crippen molar-refractivity contribution in [2.45, 2.75) is 53.5 Å². The van der Waals surface area contributed by atoms with E-state index in [1.54, 1.807) is 0 Å². The number of hydrogen-bond donors (Lipinski definition) is 1. The lowest BCUT2D eigenvalue weighted by Gasteiger charge is -2.18. The third-order valence-electron chi connectivity index (χ3n) is 1.29. The molecule has 1 N–H and O–H groups in total. The Labute approximate surface area is 76.4 Å². The fourth-order valence-corrected chi connectivity index (χ4v) is 0.900. The average molecular weight is 170 g/mol. The fraction of sp³-hybridized carbons (Fsp3) is 0.900. The number of hydrazone groups is 1. The molecule has 0 aliphatic rings. The molecule has 0 amide bonds. The number of nitrogens with zero attached hydrogens (tertiary/aromatic N) is 1. The molecule has 0 rings (SSSR count). The molecule has 0 unspecified atom stereocenters. The summed E-state index contributed by atoms with van der Waals surface area (Å²) in [6, 6.07) is 0. The normalized spacial score (nSPS) is 13.8. The molecule has 0 fully saturated rings.